The molecule has 0 spiro atoms. The molecule has 1 aliphatic carbocycles. The zero-order valence-corrected chi connectivity index (χ0v) is 22.3. The number of aryl methyl sites for hydroxylation is 1. The Morgan fingerprint density at radius 2 is 1.76 bits per heavy atom. The summed E-state index contributed by atoms with van der Waals surface area (Å²) in [5.41, 5.74) is 3.49. The molecule has 2 bridgehead atoms. The van der Waals surface area contributed by atoms with E-state index in [1.807, 2.05) is 31.2 Å². The van der Waals surface area contributed by atoms with E-state index in [1.165, 1.54) is 0 Å². The third kappa shape index (κ3) is 5.27. The molecule has 3 heterocycles. The van der Waals surface area contributed by atoms with Crippen LogP contribution in [-0.4, -0.2) is 46.6 Å². The SMILES string of the molecule is CC[C@@H](C)Nc1cc(C(=O)NC2CC3CCC(C2)N3c2ccc(C(=O)C3CC3)cn2)c(C)cc1C(C)=O. The number of fused-ring (bicyclic) bond motifs is 2. The van der Waals surface area contributed by atoms with Gasteiger partial charge in [0.05, 0.1) is 0 Å². The van der Waals surface area contributed by atoms with Gasteiger partial charge in [0, 0.05) is 58.7 Å². The third-order valence-corrected chi connectivity index (χ3v) is 8.32. The van der Waals surface area contributed by atoms with Gasteiger partial charge in [-0.2, -0.15) is 0 Å². The number of nitrogens with one attached hydrogen (secondary N) is 2. The highest BCUT2D eigenvalue weighted by atomic mass is 16.2. The summed E-state index contributed by atoms with van der Waals surface area (Å²) in [6, 6.07) is 8.53. The number of piperidine rings is 1. The molecule has 7 heteroatoms. The zero-order valence-electron chi connectivity index (χ0n) is 22.3. The van der Waals surface area contributed by atoms with Gasteiger partial charge in [-0.3, -0.25) is 14.4 Å². The minimum absolute atomic E-state index is 0.0108. The average molecular weight is 503 g/mol. The van der Waals surface area contributed by atoms with Crippen LogP contribution in [0.5, 0.6) is 0 Å². The van der Waals surface area contributed by atoms with E-state index >= 15 is 0 Å². The highest BCUT2D eigenvalue weighted by molar-refractivity contribution is 6.03. The number of nitrogens with zero attached hydrogens (tertiary/aromatic N) is 2. The maximum Gasteiger partial charge on any atom is 0.251 e. The number of hydrogen-bond donors (Lipinski definition) is 2. The van der Waals surface area contributed by atoms with E-state index in [-0.39, 0.29) is 35.5 Å². The fraction of sp³-hybridized carbons (Fsp3) is 0.533. The Labute approximate surface area is 219 Å². The second kappa shape index (κ2) is 10.3. The molecule has 1 amide bonds. The number of Topliss-reactive ketones (excluding diaryl/α,β-unsaturated/α-hetero) is 2. The predicted molar refractivity (Wildman–Crippen MR) is 146 cm³/mol. The first kappa shape index (κ1) is 25.4. The number of carbonyl (C=O) groups excluding carboxylic acids is 3. The predicted octanol–water partition coefficient (Wildman–Crippen LogP) is 5.33. The molecule has 0 radical (unpaired) electrons. The van der Waals surface area contributed by atoms with Crippen LogP contribution in [0.25, 0.3) is 0 Å². The van der Waals surface area contributed by atoms with Crippen molar-refractivity contribution in [3.8, 4) is 0 Å². The normalized spacial score (nSPS) is 23.5. The van der Waals surface area contributed by atoms with Gasteiger partial charge in [0.25, 0.3) is 5.91 Å². The van der Waals surface area contributed by atoms with E-state index in [0.29, 0.717) is 28.8 Å². The Bertz CT molecular complexity index is 1190. The molecule has 1 saturated carbocycles. The molecule has 5 rings (SSSR count). The second-order valence-electron chi connectivity index (χ2n) is 11.2. The lowest BCUT2D eigenvalue weighted by atomic mass is 9.95. The molecule has 3 fully saturated rings. The van der Waals surface area contributed by atoms with E-state index in [2.05, 4.69) is 34.4 Å². The number of ketones is 2. The van der Waals surface area contributed by atoms with Crippen molar-refractivity contribution in [2.75, 3.05) is 10.2 Å². The monoisotopic (exact) mass is 502 g/mol. The van der Waals surface area contributed by atoms with Gasteiger partial charge in [-0.25, -0.2) is 4.98 Å². The van der Waals surface area contributed by atoms with Gasteiger partial charge in [0.15, 0.2) is 11.6 Å². The first-order valence-electron chi connectivity index (χ1n) is 13.8. The second-order valence-corrected chi connectivity index (χ2v) is 11.2. The summed E-state index contributed by atoms with van der Waals surface area (Å²) in [6.07, 6.45) is 8.56. The number of anilines is 2. The quantitative estimate of drug-likeness (QED) is 0.451. The first-order valence-corrected chi connectivity index (χ1v) is 13.8. The van der Waals surface area contributed by atoms with Gasteiger partial charge in [-0.05, 0) is 95.5 Å². The molecule has 3 aliphatic rings. The highest BCUT2D eigenvalue weighted by Gasteiger charge is 2.42. The molecule has 2 N–H and O–H groups in total. The lowest BCUT2D eigenvalue weighted by molar-refractivity contribution is 0.0923. The third-order valence-electron chi connectivity index (χ3n) is 8.32. The highest BCUT2D eigenvalue weighted by Crippen LogP contribution is 2.39. The van der Waals surface area contributed by atoms with E-state index in [4.69, 9.17) is 0 Å². The number of carbonyl (C=O) groups is 3. The molecule has 2 aliphatic heterocycles. The van der Waals surface area contributed by atoms with Gasteiger partial charge < -0.3 is 15.5 Å². The molecule has 1 aromatic carbocycles. The molecule has 37 heavy (non-hydrogen) atoms. The number of hydrogen-bond acceptors (Lipinski definition) is 6. The van der Waals surface area contributed by atoms with Crippen LogP contribution >= 0.6 is 0 Å². The van der Waals surface area contributed by atoms with Crippen molar-refractivity contribution in [3.05, 3.63) is 52.7 Å². The van der Waals surface area contributed by atoms with Crippen molar-refractivity contribution in [3.63, 3.8) is 0 Å². The number of pyridine rings is 1. The van der Waals surface area contributed by atoms with Crippen molar-refractivity contribution < 1.29 is 14.4 Å². The van der Waals surface area contributed by atoms with Gasteiger partial charge in [-0.15, -0.1) is 0 Å². The summed E-state index contributed by atoms with van der Waals surface area (Å²) in [7, 11) is 0. The summed E-state index contributed by atoms with van der Waals surface area (Å²) >= 11 is 0. The van der Waals surface area contributed by atoms with Crippen LogP contribution in [0, 0.1) is 12.8 Å². The van der Waals surface area contributed by atoms with Crippen molar-refractivity contribution in [2.24, 2.45) is 5.92 Å². The lowest BCUT2D eigenvalue weighted by Gasteiger charge is -2.40. The summed E-state index contributed by atoms with van der Waals surface area (Å²) in [5.74, 6) is 1.26. The molecule has 2 aromatic rings. The summed E-state index contributed by atoms with van der Waals surface area (Å²) in [5, 5.41) is 6.69. The maximum atomic E-state index is 13.4. The molecule has 3 atom stereocenters. The summed E-state index contributed by atoms with van der Waals surface area (Å²) in [4.78, 5) is 45.0. The number of amides is 1. The van der Waals surface area contributed by atoms with Crippen LogP contribution in [0.15, 0.2) is 30.5 Å². The van der Waals surface area contributed by atoms with Crippen LogP contribution < -0.4 is 15.5 Å². The van der Waals surface area contributed by atoms with Gasteiger partial charge >= 0.3 is 0 Å². The lowest BCUT2D eigenvalue weighted by Crippen LogP contribution is -2.50. The van der Waals surface area contributed by atoms with Crippen molar-refractivity contribution in [1.29, 1.82) is 0 Å². The first-order chi connectivity index (χ1) is 17.7. The number of rotatable bonds is 9. The van der Waals surface area contributed by atoms with E-state index in [0.717, 1.165) is 62.0 Å². The van der Waals surface area contributed by atoms with Crippen LogP contribution in [0.2, 0.25) is 0 Å². The van der Waals surface area contributed by atoms with E-state index in [9.17, 15) is 14.4 Å². The van der Waals surface area contributed by atoms with E-state index in [1.54, 1.807) is 13.1 Å². The van der Waals surface area contributed by atoms with Crippen LogP contribution in [0.4, 0.5) is 11.5 Å². The number of aromatic nitrogens is 1. The molecule has 2 saturated heterocycles. The molecular formula is C30H38N4O3. The molecule has 1 aromatic heterocycles. The van der Waals surface area contributed by atoms with Crippen molar-refractivity contribution in [1.82, 2.24) is 10.3 Å². The molecule has 2 unspecified atom stereocenters. The average Bonchev–Trinajstić information content (AvgIpc) is 3.69. The fourth-order valence-corrected chi connectivity index (χ4v) is 5.93. The Hall–Kier alpha value is -3.22. The summed E-state index contributed by atoms with van der Waals surface area (Å²) < 4.78 is 0. The largest absolute Gasteiger partial charge is 0.382 e. The minimum Gasteiger partial charge on any atom is -0.382 e. The zero-order chi connectivity index (χ0) is 26.3. The molecular weight excluding hydrogens is 464 g/mol. The number of benzene rings is 1. The molecule has 196 valence electrons. The maximum absolute atomic E-state index is 13.4. The molecule has 7 nitrogen and oxygen atoms in total. The Morgan fingerprint density at radius 3 is 2.32 bits per heavy atom. The topological polar surface area (TPSA) is 91.4 Å². The van der Waals surface area contributed by atoms with Crippen LogP contribution in [0.1, 0.15) is 102 Å². The fourth-order valence-electron chi connectivity index (χ4n) is 5.93. The Morgan fingerprint density at radius 1 is 1.05 bits per heavy atom. The smallest absolute Gasteiger partial charge is 0.251 e. The summed E-state index contributed by atoms with van der Waals surface area (Å²) in [6.45, 7) is 7.61. The van der Waals surface area contributed by atoms with Gasteiger partial charge in [0.1, 0.15) is 5.82 Å². The standard InChI is InChI=1S/C30H38N4O3/c1-5-18(3)32-27-15-25(17(2)12-26(27)19(4)35)30(37)33-22-13-23-9-10-24(14-22)34(23)28-11-8-21(16-31-28)29(36)20-6-7-20/h8,11-12,15-16,18,20,22-24,32H,5-7,9-10,13-14H2,1-4H3,(H,33,37)/t18-,22?,23?,24?/m1/s1. The Kier molecular flexibility index (Phi) is 7.06. The van der Waals surface area contributed by atoms with Crippen molar-refractivity contribution >= 4 is 29.0 Å². The van der Waals surface area contributed by atoms with Crippen molar-refractivity contribution in [2.45, 2.75) is 96.8 Å². The van der Waals surface area contributed by atoms with Crippen LogP contribution in [0.3, 0.4) is 0 Å². The minimum atomic E-state index is -0.0845. The van der Waals surface area contributed by atoms with Gasteiger partial charge in [0.2, 0.25) is 0 Å². The van der Waals surface area contributed by atoms with Gasteiger partial charge in [-0.1, -0.05) is 6.92 Å². The Balaban J connectivity index is 1.27. The van der Waals surface area contributed by atoms with E-state index < -0.39 is 0 Å². The van der Waals surface area contributed by atoms with Crippen LogP contribution in [-0.2, 0) is 0 Å².